The molecule has 2 fully saturated rings. The number of ether oxygens (including phenoxy) is 1. The smallest absolute Gasteiger partial charge is 0.410 e. The zero-order valence-corrected chi connectivity index (χ0v) is 12.3. The highest BCUT2D eigenvalue weighted by Crippen LogP contribution is 2.26. The van der Waals surface area contributed by atoms with Gasteiger partial charge in [0, 0.05) is 38.0 Å². The Bertz CT molecular complexity index is 357. The number of carbonyl (C=O) groups is 2. The van der Waals surface area contributed by atoms with Gasteiger partial charge in [-0.1, -0.05) is 6.92 Å². The van der Waals surface area contributed by atoms with E-state index in [1.807, 2.05) is 20.8 Å². The number of hydrogen-bond acceptors (Lipinski definition) is 4. The number of Topliss-reactive ketones (excluding diaryl/α,β-unsaturated/α-hetero) is 1. The van der Waals surface area contributed by atoms with Crippen LogP contribution in [0.2, 0.25) is 0 Å². The summed E-state index contributed by atoms with van der Waals surface area (Å²) in [5, 5.41) is 0. The minimum absolute atomic E-state index is 0.0417. The topological polar surface area (TPSA) is 49.9 Å². The lowest BCUT2D eigenvalue weighted by molar-refractivity contribution is -0.136. The number of hydrogen-bond donors (Lipinski definition) is 0. The molecule has 2 aliphatic heterocycles. The second-order valence-corrected chi connectivity index (χ2v) is 6.53. The molecule has 2 saturated heterocycles. The summed E-state index contributed by atoms with van der Waals surface area (Å²) in [4.78, 5) is 28.2. The van der Waals surface area contributed by atoms with E-state index in [1.165, 1.54) is 0 Å². The SMILES string of the molecule is CCN1C[C@@H]2CN(C(=O)OC(C)(C)C)C[C@H](C1)C2=O. The first-order chi connectivity index (χ1) is 8.80. The van der Waals surface area contributed by atoms with Crippen molar-refractivity contribution in [3.63, 3.8) is 0 Å². The van der Waals surface area contributed by atoms with Crippen molar-refractivity contribution in [1.29, 1.82) is 0 Å². The molecule has 19 heavy (non-hydrogen) atoms. The van der Waals surface area contributed by atoms with Crippen LogP contribution in [-0.4, -0.2) is 60.0 Å². The number of amides is 1. The minimum Gasteiger partial charge on any atom is -0.444 e. The van der Waals surface area contributed by atoms with Crippen molar-refractivity contribution in [3.05, 3.63) is 0 Å². The van der Waals surface area contributed by atoms with Crippen LogP contribution in [-0.2, 0) is 9.53 Å². The first kappa shape index (κ1) is 14.3. The standard InChI is InChI=1S/C14H24N2O3/c1-5-15-6-10-8-16(9-11(7-15)12(10)17)13(18)19-14(2,3)4/h10-11H,5-9H2,1-4H3/t10-,11+. The van der Waals surface area contributed by atoms with Crippen LogP contribution in [0.3, 0.4) is 0 Å². The van der Waals surface area contributed by atoms with Crippen LogP contribution >= 0.6 is 0 Å². The Kier molecular flexibility index (Phi) is 3.85. The van der Waals surface area contributed by atoms with Crippen LogP contribution in [0.25, 0.3) is 0 Å². The number of likely N-dealkylation sites (tertiary alicyclic amines) is 2. The largest absolute Gasteiger partial charge is 0.444 e. The van der Waals surface area contributed by atoms with Gasteiger partial charge in [0.25, 0.3) is 0 Å². The number of carbonyl (C=O) groups excluding carboxylic acids is 2. The molecular formula is C14H24N2O3. The van der Waals surface area contributed by atoms with Crippen LogP contribution in [0, 0.1) is 11.8 Å². The van der Waals surface area contributed by atoms with Gasteiger partial charge in [0.2, 0.25) is 0 Å². The quantitative estimate of drug-likeness (QED) is 0.721. The van der Waals surface area contributed by atoms with Crippen LogP contribution in [0.5, 0.6) is 0 Å². The number of nitrogens with zero attached hydrogens (tertiary/aromatic N) is 2. The maximum atomic E-state index is 12.1. The Balaban J connectivity index is 2.01. The summed E-state index contributed by atoms with van der Waals surface area (Å²) < 4.78 is 5.39. The van der Waals surface area contributed by atoms with E-state index in [1.54, 1.807) is 4.90 Å². The van der Waals surface area contributed by atoms with Crippen molar-refractivity contribution in [2.45, 2.75) is 33.3 Å². The third kappa shape index (κ3) is 3.26. The summed E-state index contributed by atoms with van der Waals surface area (Å²) in [5.41, 5.74) is -0.483. The molecule has 2 rings (SSSR count). The Morgan fingerprint density at radius 3 is 2.16 bits per heavy atom. The van der Waals surface area contributed by atoms with Crippen molar-refractivity contribution >= 4 is 11.9 Å². The highest BCUT2D eigenvalue weighted by Gasteiger charge is 2.42. The summed E-state index contributed by atoms with van der Waals surface area (Å²) in [6.45, 7) is 11.2. The van der Waals surface area contributed by atoms with Gasteiger partial charge in [-0.15, -0.1) is 0 Å². The van der Waals surface area contributed by atoms with Crippen LogP contribution in [0.15, 0.2) is 0 Å². The number of rotatable bonds is 1. The molecule has 5 heteroatoms. The third-order valence-electron chi connectivity index (χ3n) is 3.74. The molecule has 1 amide bonds. The monoisotopic (exact) mass is 268 g/mol. The van der Waals surface area contributed by atoms with E-state index in [2.05, 4.69) is 11.8 Å². The molecule has 0 aromatic rings. The van der Waals surface area contributed by atoms with Crippen molar-refractivity contribution in [3.8, 4) is 0 Å². The highest BCUT2D eigenvalue weighted by molar-refractivity contribution is 5.87. The van der Waals surface area contributed by atoms with Crippen LogP contribution < -0.4 is 0 Å². The summed E-state index contributed by atoms with van der Waals surface area (Å²) in [6, 6.07) is 0. The normalized spacial score (nSPS) is 28.4. The number of ketones is 1. The molecule has 2 aliphatic rings. The van der Waals surface area contributed by atoms with Gasteiger partial charge >= 0.3 is 6.09 Å². The summed E-state index contributed by atoms with van der Waals surface area (Å²) in [5.74, 6) is 0.240. The Morgan fingerprint density at radius 2 is 1.74 bits per heavy atom. The minimum atomic E-state index is -0.483. The van der Waals surface area contributed by atoms with Crippen molar-refractivity contribution in [2.75, 3.05) is 32.7 Å². The lowest BCUT2D eigenvalue weighted by Crippen LogP contribution is -2.59. The molecule has 0 spiro atoms. The molecule has 2 atom stereocenters. The second-order valence-electron chi connectivity index (χ2n) is 6.53. The molecule has 108 valence electrons. The zero-order chi connectivity index (χ0) is 14.2. The molecular weight excluding hydrogens is 244 g/mol. The number of fused-ring (bicyclic) bond motifs is 2. The maximum absolute atomic E-state index is 12.1. The molecule has 2 heterocycles. The fourth-order valence-corrected chi connectivity index (χ4v) is 2.85. The van der Waals surface area contributed by atoms with Gasteiger partial charge in [-0.3, -0.25) is 4.79 Å². The average Bonchev–Trinajstić information content (AvgIpc) is 2.26. The third-order valence-corrected chi connectivity index (χ3v) is 3.74. The first-order valence-electron chi connectivity index (χ1n) is 7.04. The number of piperidine rings is 2. The molecule has 0 aromatic carbocycles. The van der Waals surface area contributed by atoms with Gasteiger partial charge in [0.1, 0.15) is 11.4 Å². The Hall–Kier alpha value is -1.10. The lowest BCUT2D eigenvalue weighted by atomic mass is 9.83. The fraction of sp³-hybridized carbons (Fsp3) is 0.857. The van der Waals surface area contributed by atoms with Gasteiger partial charge in [-0.25, -0.2) is 4.79 Å². The predicted octanol–water partition coefficient (Wildman–Crippen LogP) is 1.37. The second kappa shape index (κ2) is 5.12. The van der Waals surface area contributed by atoms with Gasteiger partial charge in [0.05, 0.1) is 0 Å². The molecule has 2 bridgehead atoms. The lowest BCUT2D eigenvalue weighted by Gasteiger charge is -2.44. The van der Waals surface area contributed by atoms with Crippen LogP contribution in [0.4, 0.5) is 4.79 Å². The average molecular weight is 268 g/mol. The Labute approximate surface area is 114 Å². The van der Waals surface area contributed by atoms with E-state index in [4.69, 9.17) is 4.74 Å². The van der Waals surface area contributed by atoms with E-state index >= 15 is 0 Å². The van der Waals surface area contributed by atoms with E-state index < -0.39 is 5.60 Å². The summed E-state index contributed by atoms with van der Waals surface area (Å²) >= 11 is 0. The fourth-order valence-electron chi connectivity index (χ4n) is 2.85. The molecule has 0 N–H and O–H groups in total. The molecule has 0 aromatic heterocycles. The summed E-state index contributed by atoms with van der Waals surface area (Å²) in [6.07, 6.45) is -0.292. The molecule has 0 aliphatic carbocycles. The molecule has 0 saturated carbocycles. The molecule has 5 nitrogen and oxygen atoms in total. The van der Waals surface area contributed by atoms with Crippen molar-refractivity contribution in [1.82, 2.24) is 9.80 Å². The van der Waals surface area contributed by atoms with E-state index in [-0.39, 0.29) is 17.9 Å². The molecule has 0 radical (unpaired) electrons. The van der Waals surface area contributed by atoms with Crippen molar-refractivity contribution in [2.24, 2.45) is 11.8 Å². The van der Waals surface area contributed by atoms with E-state index in [0.29, 0.717) is 18.9 Å². The first-order valence-corrected chi connectivity index (χ1v) is 7.04. The highest BCUT2D eigenvalue weighted by atomic mass is 16.6. The van der Waals surface area contributed by atoms with E-state index in [9.17, 15) is 9.59 Å². The van der Waals surface area contributed by atoms with Gasteiger partial charge < -0.3 is 14.5 Å². The van der Waals surface area contributed by atoms with Gasteiger partial charge in [-0.2, -0.15) is 0 Å². The summed E-state index contributed by atoms with van der Waals surface area (Å²) in [7, 11) is 0. The van der Waals surface area contributed by atoms with Crippen LogP contribution in [0.1, 0.15) is 27.7 Å². The maximum Gasteiger partial charge on any atom is 0.410 e. The van der Waals surface area contributed by atoms with E-state index in [0.717, 1.165) is 19.6 Å². The molecule has 0 unspecified atom stereocenters. The Morgan fingerprint density at radius 1 is 1.21 bits per heavy atom. The van der Waals surface area contributed by atoms with Gasteiger partial charge in [-0.05, 0) is 27.3 Å². The van der Waals surface area contributed by atoms with Crippen molar-refractivity contribution < 1.29 is 14.3 Å². The van der Waals surface area contributed by atoms with Gasteiger partial charge in [0.15, 0.2) is 0 Å². The zero-order valence-electron chi connectivity index (χ0n) is 12.3. The predicted molar refractivity (Wildman–Crippen MR) is 71.9 cm³/mol.